The van der Waals surface area contributed by atoms with Crippen LogP contribution in [0.4, 0.5) is 23.4 Å². The number of nitrogens with zero attached hydrogens (tertiary/aromatic N) is 1. The SMILES string of the molecule is O=C1Nc2c(c(=O)[nH]c(=O)n2-c2ccc(F)cc2)C1(NS(=O)(=O)c1ccc(Cl)cc1)C(F)(F)F. The fourth-order valence-corrected chi connectivity index (χ4v) is 4.91. The molecule has 1 amide bonds. The van der Waals surface area contributed by atoms with Crippen LogP contribution in [-0.2, 0) is 20.4 Å². The predicted octanol–water partition coefficient (Wildman–Crippen LogP) is 2.01. The Bertz CT molecular complexity index is 1530. The average Bonchev–Trinajstić information content (AvgIpc) is 3.02. The summed E-state index contributed by atoms with van der Waals surface area (Å²) in [7, 11) is -5.07. The minimum absolute atomic E-state index is 0.0909. The highest BCUT2D eigenvalue weighted by Crippen LogP contribution is 2.46. The summed E-state index contributed by atoms with van der Waals surface area (Å²) < 4.78 is 84.0. The Morgan fingerprint density at radius 2 is 1.56 bits per heavy atom. The van der Waals surface area contributed by atoms with E-state index in [1.165, 1.54) is 4.72 Å². The highest BCUT2D eigenvalue weighted by molar-refractivity contribution is 7.89. The molecule has 1 aromatic heterocycles. The monoisotopic (exact) mass is 518 g/mol. The molecule has 0 aliphatic carbocycles. The number of aromatic nitrogens is 2. The van der Waals surface area contributed by atoms with Crippen molar-refractivity contribution in [2.45, 2.75) is 16.6 Å². The summed E-state index contributed by atoms with van der Waals surface area (Å²) in [5.74, 6) is -3.64. The van der Waals surface area contributed by atoms with E-state index in [0.29, 0.717) is 4.57 Å². The van der Waals surface area contributed by atoms with Gasteiger partial charge in [0.2, 0.25) is 15.6 Å². The minimum atomic E-state index is -5.68. The molecule has 1 atom stereocenters. The molecule has 2 aromatic carbocycles. The Morgan fingerprint density at radius 1 is 0.971 bits per heavy atom. The minimum Gasteiger partial charge on any atom is -0.309 e. The number of hydrogen-bond acceptors (Lipinski definition) is 5. The van der Waals surface area contributed by atoms with Gasteiger partial charge in [-0.2, -0.15) is 17.9 Å². The Labute approximate surface area is 192 Å². The first-order valence-electron chi connectivity index (χ1n) is 9.11. The normalized spacial score (nSPS) is 18.0. The quantitative estimate of drug-likeness (QED) is 0.455. The third-order valence-electron chi connectivity index (χ3n) is 4.98. The van der Waals surface area contributed by atoms with Crippen molar-refractivity contribution in [3.05, 3.63) is 85.8 Å². The number of nitrogens with one attached hydrogen (secondary N) is 3. The van der Waals surface area contributed by atoms with Crippen LogP contribution in [0.5, 0.6) is 0 Å². The lowest BCUT2D eigenvalue weighted by atomic mass is 9.93. The van der Waals surface area contributed by atoms with Crippen molar-refractivity contribution in [1.82, 2.24) is 14.3 Å². The van der Waals surface area contributed by atoms with Gasteiger partial charge in [-0.1, -0.05) is 11.6 Å². The smallest absolute Gasteiger partial charge is 0.309 e. The lowest BCUT2D eigenvalue weighted by Gasteiger charge is -2.29. The van der Waals surface area contributed by atoms with Gasteiger partial charge in [-0.3, -0.25) is 14.6 Å². The van der Waals surface area contributed by atoms with E-state index >= 15 is 0 Å². The number of hydrogen-bond donors (Lipinski definition) is 3. The maximum Gasteiger partial charge on any atom is 0.421 e. The van der Waals surface area contributed by atoms with Crippen LogP contribution >= 0.6 is 11.6 Å². The van der Waals surface area contributed by atoms with Crippen molar-refractivity contribution >= 4 is 33.3 Å². The Hall–Kier alpha value is -3.49. The molecule has 2 heterocycles. The van der Waals surface area contributed by atoms with Crippen molar-refractivity contribution in [1.29, 1.82) is 0 Å². The molecule has 0 spiro atoms. The topological polar surface area (TPSA) is 130 Å². The van der Waals surface area contributed by atoms with Crippen LogP contribution in [0.3, 0.4) is 0 Å². The summed E-state index contributed by atoms with van der Waals surface area (Å²) in [6.07, 6.45) is -5.68. The summed E-state index contributed by atoms with van der Waals surface area (Å²) in [4.78, 5) is 38.7. The standard InChI is InChI=1S/C19H11ClF4N4O5S/c20-9-1-7-12(8-2-9)34(32,33)27-18(19(22,23)24)13-14(25-16(18)30)28(17(31)26-15(13)29)11-5-3-10(21)4-6-11/h1-8,27H,(H,25,30)(H,26,29,31). The molecule has 1 aliphatic heterocycles. The molecule has 1 aliphatic rings. The van der Waals surface area contributed by atoms with Crippen LogP contribution < -0.4 is 21.3 Å². The molecular formula is C19H11ClF4N4O5S. The number of carbonyl (C=O) groups excluding carboxylic acids is 1. The number of halogens is 5. The van der Waals surface area contributed by atoms with Gasteiger partial charge in [-0.25, -0.2) is 22.2 Å². The number of aromatic amines is 1. The van der Waals surface area contributed by atoms with Crippen molar-refractivity contribution in [3.63, 3.8) is 0 Å². The van der Waals surface area contributed by atoms with Gasteiger partial charge in [-0.15, -0.1) is 0 Å². The zero-order valence-corrected chi connectivity index (χ0v) is 18.0. The third kappa shape index (κ3) is 3.59. The molecule has 15 heteroatoms. The summed E-state index contributed by atoms with van der Waals surface area (Å²) in [6.45, 7) is 0. The number of sulfonamides is 1. The fraction of sp³-hybridized carbons (Fsp3) is 0.105. The van der Waals surface area contributed by atoms with E-state index in [1.807, 2.05) is 0 Å². The van der Waals surface area contributed by atoms with E-state index in [4.69, 9.17) is 11.6 Å². The molecule has 0 fully saturated rings. The van der Waals surface area contributed by atoms with Crippen LogP contribution in [-0.4, -0.2) is 30.1 Å². The van der Waals surface area contributed by atoms with Gasteiger partial charge in [-0.05, 0) is 48.5 Å². The maximum absolute atomic E-state index is 14.4. The maximum atomic E-state index is 14.4. The molecule has 0 bridgehead atoms. The van der Waals surface area contributed by atoms with Crippen molar-refractivity contribution < 1.29 is 30.8 Å². The van der Waals surface area contributed by atoms with Crippen LogP contribution in [0.1, 0.15) is 5.56 Å². The average molecular weight is 519 g/mol. The molecule has 9 nitrogen and oxygen atoms in total. The second kappa shape index (κ2) is 7.78. The van der Waals surface area contributed by atoms with E-state index in [-0.39, 0.29) is 10.7 Å². The van der Waals surface area contributed by atoms with E-state index in [9.17, 15) is 40.4 Å². The predicted molar refractivity (Wildman–Crippen MR) is 111 cm³/mol. The summed E-state index contributed by atoms with van der Waals surface area (Å²) in [6, 6.07) is 7.76. The molecule has 1 unspecified atom stereocenters. The Balaban J connectivity index is 2.01. The molecule has 4 rings (SSSR count). The van der Waals surface area contributed by atoms with Gasteiger partial charge in [0.15, 0.2) is 0 Å². The van der Waals surface area contributed by atoms with E-state index < -0.39 is 61.0 Å². The Kier molecular flexibility index (Phi) is 5.42. The van der Waals surface area contributed by atoms with Gasteiger partial charge in [0.25, 0.3) is 11.5 Å². The van der Waals surface area contributed by atoms with Crippen LogP contribution in [0.15, 0.2) is 63.0 Å². The molecule has 3 aromatic rings. The molecule has 0 saturated carbocycles. The molecule has 178 valence electrons. The number of fused-ring (bicyclic) bond motifs is 1. The van der Waals surface area contributed by atoms with Crippen molar-refractivity contribution in [3.8, 4) is 5.69 Å². The first-order chi connectivity index (χ1) is 15.8. The number of carbonyl (C=O) groups is 1. The van der Waals surface area contributed by atoms with Crippen molar-refractivity contribution in [2.24, 2.45) is 0 Å². The van der Waals surface area contributed by atoms with Gasteiger partial charge in [0.1, 0.15) is 11.6 Å². The number of anilines is 1. The largest absolute Gasteiger partial charge is 0.421 e. The van der Waals surface area contributed by atoms with Crippen LogP contribution in [0.2, 0.25) is 5.02 Å². The van der Waals surface area contributed by atoms with Gasteiger partial charge < -0.3 is 5.32 Å². The second-order valence-corrected chi connectivity index (χ2v) is 9.17. The zero-order chi connectivity index (χ0) is 25.1. The van der Waals surface area contributed by atoms with E-state index in [1.54, 1.807) is 10.3 Å². The fourth-order valence-electron chi connectivity index (χ4n) is 3.45. The third-order valence-corrected chi connectivity index (χ3v) is 6.70. The van der Waals surface area contributed by atoms with Gasteiger partial charge >= 0.3 is 11.9 Å². The number of H-pyrrole nitrogens is 1. The van der Waals surface area contributed by atoms with Crippen LogP contribution in [0, 0.1) is 5.82 Å². The molecule has 0 radical (unpaired) electrons. The zero-order valence-electron chi connectivity index (χ0n) is 16.4. The highest BCUT2D eigenvalue weighted by Gasteiger charge is 2.69. The first kappa shape index (κ1) is 23.7. The Morgan fingerprint density at radius 3 is 2.12 bits per heavy atom. The lowest BCUT2D eigenvalue weighted by Crippen LogP contribution is -2.61. The summed E-state index contributed by atoms with van der Waals surface area (Å²) in [5.41, 5.74) is -8.63. The number of rotatable bonds is 4. The highest BCUT2D eigenvalue weighted by atomic mass is 35.5. The van der Waals surface area contributed by atoms with Gasteiger partial charge in [0.05, 0.1) is 16.1 Å². The molecular weight excluding hydrogens is 508 g/mol. The molecule has 3 N–H and O–H groups in total. The number of benzene rings is 2. The van der Waals surface area contributed by atoms with E-state index in [0.717, 1.165) is 48.5 Å². The number of amides is 1. The lowest BCUT2D eigenvalue weighted by molar-refractivity contribution is -0.194. The first-order valence-corrected chi connectivity index (χ1v) is 11.0. The second-order valence-electron chi connectivity index (χ2n) is 7.06. The molecule has 34 heavy (non-hydrogen) atoms. The summed E-state index contributed by atoms with van der Waals surface area (Å²) in [5, 5.41) is 1.87. The number of alkyl halides is 3. The van der Waals surface area contributed by atoms with Gasteiger partial charge in [0, 0.05) is 5.02 Å². The van der Waals surface area contributed by atoms with E-state index in [2.05, 4.69) is 0 Å². The van der Waals surface area contributed by atoms with Crippen molar-refractivity contribution in [2.75, 3.05) is 5.32 Å². The molecule has 0 saturated heterocycles. The van der Waals surface area contributed by atoms with Crippen LogP contribution in [0.25, 0.3) is 5.69 Å². The summed E-state index contributed by atoms with van der Waals surface area (Å²) >= 11 is 5.68.